The Balaban J connectivity index is 1.46. The molecular weight excluding hydrogens is 349 g/mol. The summed E-state index contributed by atoms with van der Waals surface area (Å²) in [6.45, 7) is 2.54. The van der Waals surface area contributed by atoms with Crippen LogP contribution < -0.4 is 10.3 Å². The van der Waals surface area contributed by atoms with Crippen LogP contribution >= 0.6 is 0 Å². The summed E-state index contributed by atoms with van der Waals surface area (Å²) in [7, 11) is 0. The summed E-state index contributed by atoms with van der Waals surface area (Å²) in [5, 5.41) is 7.73. The van der Waals surface area contributed by atoms with Crippen molar-refractivity contribution in [1.29, 1.82) is 0 Å². The number of amides is 1. The lowest BCUT2D eigenvalue weighted by molar-refractivity contribution is -0.141. The largest absolute Gasteiger partial charge is 0.484 e. The molecule has 138 valence electrons. The molecule has 1 saturated heterocycles. The van der Waals surface area contributed by atoms with Crippen LogP contribution in [0.15, 0.2) is 53.3 Å². The van der Waals surface area contributed by atoms with Crippen LogP contribution in [0.1, 0.15) is 18.5 Å². The maximum atomic E-state index is 13.7. The molecule has 1 N–H and O–H groups in total. The molecule has 0 saturated carbocycles. The molecule has 3 aromatic rings. The monoisotopic (exact) mass is 367 g/mol. The van der Waals surface area contributed by atoms with Crippen molar-refractivity contribution in [3.63, 3.8) is 0 Å². The number of fused-ring (bicyclic) bond motifs is 1. The fourth-order valence-electron chi connectivity index (χ4n) is 3.27. The fourth-order valence-corrected chi connectivity index (χ4v) is 3.27. The molecule has 6 nitrogen and oxygen atoms in total. The quantitative estimate of drug-likeness (QED) is 0.769. The number of ether oxygens (including phenoxy) is 1. The first-order chi connectivity index (χ1) is 13.0. The Morgan fingerprint density at radius 3 is 2.59 bits per heavy atom. The third-order valence-electron chi connectivity index (χ3n) is 4.80. The van der Waals surface area contributed by atoms with E-state index in [9.17, 15) is 14.0 Å². The van der Waals surface area contributed by atoms with Gasteiger partial charge in [0.05, 0.1) is 30.1 Å². The van der Waals surface area contributed by atoms with E-state index in [4.69, 9.17) is 4.74 Å². The van der Waals surface area contributed by atoms with Gasteiger partial charge in [0.2, 0.25) is 5.91 Å². The first kappa shape index (κ1) is 17.2. The van der Waals surface area contributed by atoms with E-state index < -0.39 is 11.7 Å². The maximum Gasteiger partial charge on any atom is 0.272 e. The van der Waals surface area contributed by atoms with Crippen LogP contribution in [0.3, 0.4) is 0 Å². The van der Waals surface area contributed by atoms with Gasteiger partial charge in [0.15, 0.2) is 11.6 Å². The lowest BCUT2D eigenvalue weighted by Crippen LogP contribution is -2.57. The molecule has 0 radical (unpaired) electrons. The summed E-state index contributed by atoms with van der Waals surface area (Å²) < 4.78 is 19.3. The Morgan fingerprint density at radius 1 is 1.19 bits per heavy atom. The number of likely N-dealkylation sites (tertiary alicyclic amines) is 1. The zero-order valence-corrected chi connectivity index (χ0v) is 14.7. The number of rotatable bonds is 4. The van der Waals surface area contributed by atoms with Crippen molar-refractivity contribution in [1.82, 2.24) is 15.1 Å². The molecule has 0 aliphatic carbocycles. The van der Waals surface area contributed by atoms with Gasteiger partial charge in [-0.2, -0.15) is 5.10 Å². The third-order valence-corrected chi connectivity index (χ3v) is 4.80. The van der Waals surface area contributed by atoms with E-state index in [0.29, 0.717) is 29.6 Å². The molecular formula is C20H18FN3O3. The highest BCUT2D eigenvalue weighted by atomic mass is 19.1. The molecule has 1 fully saturated rings. The zero-order valence-electron chi connectivity index (χ0n) is 14.7. The average Bonchev–Trinajstić information content (AvgIpc) is 2.65. The molecule has 27 heavy (non-hydrogen) atoms. The number of benzene rings is 2. The highest BCUT2D eigenvalue weighted by molar-refractivity contribution is 5.91. The van der Waals surface area contributed by atoms with Crippen molar-refractivity contribution >= 4 is 16.7 Å². The first-order valence-corrected chi connectivity index (χ1v) is 8.72. The standard InChI is InChI=1S/C20H18FN3O3/c1-12(18-14-6-2-3-7-15(14)19(25)23-22-18)20(26)24-10-13(11-24)27-17-9-5-4-8-16(17)21/h2-9,12-13H,10-11H2,1H3,(H,23,25). The van der Waals surface area contributed by atoms with Gasteiger partial charge >= 0.3 is 0 Å². The molecule has 1 amide bonds. The number of nitrogens with one attached hydrogen (secondary N) is 1. The molecule has 1 aromatic heterocycles. The predicted molar refractivity (Wildman–Crippen MR) is 98.2 cm³/mol. The number of carbonyl (C=O) groups is 1. The molecule has 2 heterocycles. The summed E-state index contributed by atoms with van der Waals surface area (Å²) in [5.41, 5.74) is 0.255. The number of H-pyrrole nitrogens is 1. The minimum atomic E-state index is -0.513. The first-order valence-electron chi connectivity index (χ1n) is 8.72. The second kappa shape index (κ2) is 6.83. The highest BCUT2D eigenvalue weighted by Gasteiger charge is 2.36. The Kier molecular flexibility index (Phi) is 4.35. The van der Waals surface area contributed by atoms with E-state index in [1.807, 2.05) is 6.07 Å². The summed E-state index contributed by atoms with van der Waals surface area (Å²) in [5.74, 6) is -0.843. The van der Waals surface area contributed by atoms with Crippen LogP contribution in [-0.4, -0.2) is 40.2 Å². The van der Waals surface area contributed by atoms with Crippen molar-refractivity contribution in [3.05, 3.63) is 70.4 Å². The number of halogens is 1. The molecule has 0 spiro atoms. The van der Waals surface area contributed by atoms with E-state index in [0.717, 1.165) is 0 Å². The molecule has 1 aliphatic rings. The van der Waals surface area contributed by atoms with Gasteiger partial charge in [0.25, 0.3) is 5.56 Å². The molecule has 1 unspecified atom stereocenters. The second-order valence-electron chi connectivity index (χ2n) is 6.62. The molecule has 4 rings (SSSR count). The summed E-state index contributed by atoms with van der Waals surface area (Å²) in [6, 6.07) is 13.3. The van der Waals surface area contributed by atoms with E-state index in [1.54, 1.807) is 48.2 Å². The average molecular weight is 367 g/mol. The molecule has 1 atom stereocenters. The lowest BCUT2D eigenvalue weighted by atomic mass is 9.98. The van der Waals surface area contributed by atoms with Crippen LogP contribution in [0, 0.1) is 5.82 Å². The van der Waals surface area contributed by atoms with Gasteiger partial charge in [-0.15, -0.1) is 0 Å². The minimum Gasteiger partial charge on any atom is -0.484 e. The van der Waals surface area contributed by atoms with Gasteiger partial charge < -0.3 is 9.64 Å². The molecule has 1 aliphatic heterocycles. The van der Waals surface area contributed by atoms with Gasteiger partial charge in [0.1, 0.15) is 6.10 Å². The van der Waals surface area contributed by atoms with Crippen LogP contribution in [0.25, 0.3) is 10.8 Å². The number of para-hydroxylation sites is 1. The molecule has 0 bridgehead atoms. The summed E-state index contributed by atoms with van der Waals surface area (Å²) in [4.78, 5) is 26.3. The van der Waals surface area contributed by atoms with Crippen LogP contribution in [0.4, 0.5) is 4.39 Å². The van der Waals surface area contributed by atoms with Gasteiger partial charge in [-0.1, -0.05) is 30.3 Å². The molecule has 7 heteroatoms. The van der Waals surface area contributed by atoms with Crippen molar-refractivity contribution < 1.29 is 13.9 Å². The maximum absolute atomic E-state index is 13.7. The van der Waals surface area contributed by atoms with Crippen LogP contribution in [-0.2, 0) is 4.79 Å². The van der Waals surface area contributed by atoms with Crippen LogP contribution in [0.2, 0.25) is 0 Å². The molecule has 2 aromatic carbocycles. The van der Waals surface area contributed by atoms with E-state index in [-0.39, 0.29) is 23.3 Å². The number of aromatic amines is 1. The SMILES string of the molecule is CC(C(=O)N1CC(Oc2ccccc2F)C1)c1n[nH]c(=O)c2ccccc12. The zero-order chi connectivity index (χ0) is 19.0. The van der Waals surface area contributed by atoms with Gasteiger partial charge in [-0.25, -0.2) is 9.49 Å². The van der Waals surface area contributed by atoms with E-state index in [2.05, 4.69) is 10.2 Å². The highest BCUT2D eigenvalue weighted by Crippen LogP contribution is 2.26. The summed E-state index contributed by atoms with van der Waals surface area (Å²) >= 11 is 0. The normalized spacial score (nSPS) is 15.4. The lowest BCUT2D eigenvalue weighted by Gasteiger charge is -2.40. The number of hydrogen-bond acceptors (Lipinski definition) is 4. The summed E-state index contributed by atoms with van der Waals surface area (Å²) in [6.07, 6.45) is -0.238. The van der Waals surface area contributed by atoms with Crippen molar-refractivity contribution in [2.75, 3.05) is 13.1 Å². The van der Waals surface area contributed by atoms with Gasteiger partial charge in [0, 0.05) is 5.39 Å². The van der Waals surface area contributed by atoms with E-state index in [1.165, 1.54) is 6.07 Å². The van der Waals surface area contributed by atoms with Gasteiger partial charge in [-0.05, 0) is 25.1 Å². The number of nitrogens with zero attached hydrogens (tertiary/aromatic N) is 2. The Hall–Kier alpha value is -3.22. The van der Waals surface area contributed by atoms with Gasteiger partial charge in [-0.3, -0.25) is 9.59 Å². The van der Waals surface area contributed by atoms with Crippen molar-refractivity contribution in [2.24, 2.45) is 0 Å². The predicted octanol–water partition coefficient (Wildman–Crippen LogP) is 2.46. The van der Waals surface area contributed by atoms with Crippen molar-refractivity contribution in [2.45, 2.75) is 18.9 Å². The topological polar surface area (TPSA) is 75.3 Å². The van der Waals surface area contributed by atoms with Crippen molar-refractivity contribution in [3.8, 4) is 5.75 Å². The Bertz CT molecular complexity index is 1060. The minimum absolute atomic E-state index is 0.104. The number of aromatic nitrogens is 2. The van der Waals surface area contributed by atoms with E-state index >= 15 is 0 Å². The Morgan fingerprint density at radius 2 is 1.85 bits per heavy atom. The number of hydrogen-bond donors (Lipinski definition) is 1. The second-order valence-corrected chi connectivity index (χ2v) is 6.62. The fraction of sp³-hybridized carbons (Fsp3) is 0.250. The Labute approximate surface area is 154 Å². The van der Waals surface area contributed by atoms with Crippen LogP contribution in [0.5, 0.6) is 5.75 Å². The smallest absolute Gasteiger partial charge is 0.272 e. The number of carbonyl (C=O) groups excluding carboxylic acids is 1. The third kappa shape index (κ3) is 3.16.